The maximum atomic E-state index is 10.2. The van der Waals surface area contributed by atoms with Crippen molar-refractivity contribution in [3.8, 4) is 0 Å². The summed E-state index contributed by atoms with van der Waals surface area (Å²) in [4.78, 5) is 4.08. The molecule has 1 aliphatic rings. The molecule has 0 aromatic carbocycles. The molecule has 0 fully saturated rings. The molecule has 1 aliphatic carbocycles. The number of nitrogens with two attached hydrogens (primary N) is 1. The lowest BCUT2D eigenvalue weighted by molar-refractivity contribution is 0.417. The fraction of sp³-hybridized carbons (Fsp3) is 0.438. The second-order valence-corrected chi connectivity index (χ2v) is 5.42. The molecule has 0 aromatic heterocycles. The lowest BCUT2D eigenvalue weighted by Gasteiger charge is -2.12. The molecule has 3 heteroatoms. The fourth-order valence-corrected chi connectivity index (χ4v) is 1.67. The van der Waals surface area contributed by atoms with Gasteiger partial charge >= 0.3 is 0 Å². The third-order valence-electron chi connectivity index (χ3n) is 3.01. The van der Waals surface area contributed by atoms with Crippen molar-refractivity contribution < 1.29 is 5.11 Å². The number of rotatable bonds is 4. The quantitative estimate of drug-likeness (QED) is 0.592. The van der Waals surface area contributed by atoms with Crippen LogP contribution < -0.4 is 5.73 Å². The average molecular weight is 260 g/mol. The Morgan fingerprint density at radius 1 is 1.37 bits per heavy atom. The predicted molar refractivity (Wildman–Crippen MR) is 82.0 cm³/mol. The molecule has 104 valence electrons. The molecule has 0 bridgehead atoms. The molecule has 0 radical (unpaired) electrons. The molecular weight excluding hydrogens is 236 g/mol. The summed E-state index contributed by atoms with van der Waals surface area (Å²) in [6.45, 7) is 8.25. The van der Waals surface area contributed by atoms with E-state index in [0.29, 0.717) is 0 Å². The van der Waals surface area contributed by atoms with Crippen LogP contribution >= 0.6 is 0 Å². The van der Waals surface area contributed by atoms with E-state index in [1.165, 1.54) is 0 Å². The Labute approximate surface area is 115 Å². The molecular formula is C16H24N2O. The van der Waals surface area contributed by atoms with Gasteiger partial charge in [-0.15, -0.1) is 0 Å². The van der Waals surface area contributed by atoms with Gasteiger partial charge in [0.2, 0.25) is 0 Å². The van der Waals surface area contributed by atoms with Gasteiger partial charge in [-0.1, -0.05) is 51.5 Å². The van der Waals surface area contributed by atoms with Crippen molar-refractivity contribution in [3.63, 3.8) is 0 Å². The van der Waals surface area contributed by atoms with E-state index in [4.69, 9.17) is 5.73 Å². The van der Waals surface area contributed by atoms with Gasteiger partial charge in [-0.05, 0) is 18.9 Å². The van der Waals surface area contributed by atoms with Crippen LogP contribution in [-0.2, 0) is 0 Å². The van der Waals surface area contributed by atoms with Crippen molar-refractivity contribution in [1.82, 2.24) is 0 Å². The number of allylic oxidation sites excluding steroid dienone is 5. The number of aliphatic hydroxyl groups excluding tert-OH is 1. The second kappa shape index (κ2) is 6.41. The lowest BCUT2D eigenvalue weighted by atomic mass is 9.93. The van der Waals surface area contributed by atoms with E-state index in [1.807, 2.05) is 19.1 Å². The van der Waals surface area contributed by atoms with Crippen molar-refractivity contribution in [2.75, 3.05) is 0 Å². The molecule has 3 N–H and O–H groups in total. The normalized spacial score (nSPS) is 19.8. The minimum absolute atomic E-state index is 0.0243. The van der Waals surface area contributed by atoms with Gasteiger partial charge in [0, 0.05) is 17.2 Å². The first-order chi connectivity index (χ1) is 8.87. The van der Waals surface area contributed by atoms with Crippen LogP contribution in [0.3, 0.4) is 0 Å². The molecule has 0 spiro atoms. The molecule has 0 saturated carbocycles. The highest BCUT2D eigenvalue weighted by atomic mass is 16.3. The Balaban J connectivity index is 3.08. The molecule has 0 amide bonds. The minimum Gasteiger partial charge on any atom is -0.504 e. The number of aliphatic imine (C=N–C) groups is 1. The van der Waals surface area contributed by atoms with Gasteiger partial charge in [-0.25, -0.2) is 4.99 Å². The van der Waals surface area contributed by atoms with E-state index >= 15 is 0 Å². The smallest absolute Gasteiger partial charge is 0.166 e. The van der Waals surface area contributed by atoms with Crippen LogP contribution in [0.2, 0.25) is 0 Å². The summed E-state index contributed by atoms with van der Waals surface area (Å²) in [6.07, 6.45) is 11.7. The van der Waals surface area contributed by atoms with E-state index in [2.05, 4.69) is 37.9 Å². The zero-order chi connectivity index (χ0) is 14.5. The highest BCUT2D eigenvalue weighted by molar-refractivity contribution is 5.59. The molecule has 19 heavy (non-hydrogen) atoms. The van der Waals surface area contributed by atoms with E-state index in [9.17, 15) is 5.11 Å². The van der Waals surface area contributed by atoms with Crippen molar-refractivity contribution in [1.29, 1.82) is 0 Å². The van der Waals surface area contributed by atoms with Crippen LogP contribution in [0, 0.1) is 5.41 Å². The predicted octanol–water partition coefficient (Wildman–Crippen LogP) is 4.01. The third-order valence-corrected chi connectivity index (χ3v) is 3.01. The van der Waals surface area contributed by atoms with E-state index in [0.717, 1.165) is 24.0 Å². The zero-order valence-corrected chi connectivity index (χ0v) is 12.3. The topological polar surface area (TPSA) is 58.6 Å². The zero-order valence-electron chi connectivity index (χ0n) is 12.3. The number of unbranched alkanes of at least 4 members (excludes halogenated alkanes) is 1. The number of hydrogen-bond acceptors (Lipinski definition) is 3. The SMILES string of the molecule is CCC/C=N/C(N)=C(/O)C1=C(C)C=CC(C)(C)C=C1. The Morgan fingerprint density at radius 3 is 2.63 bits per heavy atom. The highest BCUT2D eigenvalue weighted by Gasteiger charge is 2.15. The number of aliphatic hydroxyl groups is 1. The Kier molecular flexibility index (Phi) is 5.16. The molecule has 0 heterocycles. The van der Waals surface area contributed by atoms with Gasteiger partial charge in [-0.3, -0.25) is 0 Å². The van der Waals surface area contributed by atoms with Gasteiger partial charge in [0.25, 0.3) is 0 Å². The second-order valence-electron chi connectivity index (χ2n) is 5.42. The largest absolute Gasteiger partial charge is 0.504 e. The fourth-order valence-electron chi connectivity index (χ4n) is 1.67. The van der Waals surface area contributed by atoms with Gasteiger partial charge in [-0.2, -0.15) is 0 Å². The maximum absolute atomic E-state index is 10.2. The summed E-state index contributed by atoms with van der Waals surface area (Å²) in [5.74, 6) is 0.212. The van der Waals surface area contributed by atoms with Gasteiger partial charge in [0.05, 0.1) is 0 Å². The van der Waals surface area contributed by atoms with Crippen LogP contribution in [0.1, 0.15) is 40.5 Å². The Hall–Kier alpha value is -1.77. The molecule has 0 atom stereocenters. The summed E-state index contributed by atoms with van der Waals surface area (Å²) < 4.78 is 0. The van der Waals surface area contributed by atoms with Crippen molar-refractivity contribution >= 4 is 6.21 Å². The van der Waals surface area contributed by atoms with E-state index in [-0.39, 0.29) is 17.0 Å². The third kappa shape index (κ3) is 4.43. The molecule has 0 saturated heterocycles. The summed E-state index contributed by atoms with van der Waals surface area (Å²) >= 11 is 0. The van der Waals surface area contributed by atoms with Crippen LogP contribution in [0.5, 0.6) is 0 Å². The highest BCUT2D eigenvalue weighted by Crippen LogP contribution is 2.28. The Bertz CT molecular complexity index is 477. The molecule has 0 unspecified atom stereocenters. The van der Waals surface area contributed by atoms with Gasteiger partial charge in [0.15, 0.2) is 11.6 Å². The molecule has 0 aliphatic heterocycles. The molecule has 0 aromatic rings. The first-order valence-corrected chi connectivity index (χ1v) is 6.68. The lowest BCUT2D eigenvalue weighted by Crippen LogP contribution is -2.03. The standard InChI is InChI=1S/C16H24N2O/c1-5-6-11-18-15(17)14(19)13-8-10-16(3,4)9-7-12(13)2/h7-11,19H,5-6,17H2,1-4H3/b15-14+,18-11+. The van der Waals surface area contributed by atoms with Crippen molar-refractivity contribution in [3.05, 3.63) is 47.0 Å². The summed E-state index contributed by atoms with van der Waals surface area (Å²) in [6, 6.07) is 0. The number of hydrogen-bond donors (Lipinski definition) is 2. The van der Waals surface area contributed by atoms with E-state index in [1.54, 1.807) is 6.21 Å². The van der Waals surface area contributed by atoms with Crippen LogP contribution in [0.4, 0.5) is 0 Å². The van der Waals surface area contributed by atoms with Crippen LogP contribution in [0.15, 0.2) is 52.0 Å². The summed E-state index contributed by atoms with van der Waals surface area (Å²) in [5, 5.41) is 10.2. The van der Waals surface area contributed by atoms with E-state index < -0.39 is 0 Å². The van der Waals surface area contributed by atoms with Crippen LogP contribution in [0.25, 0.3) is 0 Å². The van der Waals surface area contributed by atoms with Crippen molar-refractivity contribution in [2.45, 2.75) is 40.5 Å². The van der Waals surface area contributed by atoms with Crippen molar-refractivity contribution in [2.24, 2.45) is 16.1 Å². The summed E-state index contributed by atoms with van der Waals surface area (Å²) in [7, 11) is 0. The average Bonchev–Trinajstić information content (AvgIpc) is 2.48. The maximum Gasteiger partial charge on any atom is 0.166 e. The molecule has 1 rings (SSSR count). The van der Waals surface area contributed by atoms with Gasteiger partial charge in [0.1, 0.15) is 0 Å². The van der Waals surface area contributed by atoms with Crippen LogP contribution in [-0.4, -0.2) is 11.3 Å². The minimum atomic E-state index is -0.0243. The monoisotopic (exact) mass is 260 g/mol. The summed E-state index contributed by atoms with van der Waals surface area (Å²) in [5.41, 5.74) is 7.49. The first kappa shape index (κ1) is 15.3. The Morgan fingerprint density at radius 2 is 2.00 bits per heavy atom. The first-order valence-electron chi connectivity index (χ1n) is 6.68. The molecule has 3 nitrogen and oxygen atoms in total. The van der Waals surface area contributed by atoms with Gasteiger partial charge < -0.3 is 10.8 Å². The number of nitrogens with zero attached hydrogens (tertiary/aromatic N) is 1.